The normalized spacial score (nSPS) is 14.1. The Morgan fingerprint density at radius 3 is 2.28 bits per heavy atom. The van der Waals surface area contributed by atoms with Gasteiger partial charge in [-0.15, -0.1) is 0 Å². The number of nitrogens with zero attached hydrogens (tertiary/aromatic N) is 2. The van der Waals surface area contributed by atoms with Crippen molar-refractivity contribution in [2.45, 2.75) is 50.7 Å². The maximum absolute atomic E-state index is 14.3. The second-order valence-electron chi connectivity index (χ2n) is 10.7. The van der Waals surface area contributed by atoms with E-state index in [1.165, 1.54) is 25.2 Å². The number of amides is 2. The maximum atomic E-state index is 14.3. The Balaban J connectivity index is 1.76. The first-order chi connectivity index (χ1) is 20.6. The SMILES string of the molecule is COc1ccc(OC)c(N(CC(=O)N(Cc2cccc(Cl)c2)C(Cc2ccccc2)C(=O)NC2CCCC2)S(C)(=O)=O)c1. The third kappa shape index (κ3) is 8.64. The number of carbonyl (C=O) groups excluding carboxylic acids is 2. The van der Waals surface area contributed by atoms with Gasteiger partial charge in [-0.25, -0.2) is 8.42 Å². The Bertz CT molecular complexity index is 1510. The second kappa shape index (κ2) is 14.6. The highest BCUT2D eigenvalue weighted by molar-refractivity contribution is 7.92. The van der Waals surface area contributed by atoms with Crippen LogP contribution < -0.4 is 19.1 Å². The Morgan fingerprint density at radius 1 is 0.953 bits per heavy atom. The smallest absolute Gasteiger partial charge is 0.244 e. The average Bonchev–Trinajstić information content (AvgIpc) is 3.50. The molecule has 1 unspecified atom stereocenters. The predicted octanol–water partition coefficient (Wildman–Crippen LogP) is 4.82. The maximum Gasteiger partial charge on any atom is 0.244 e. The Labute approximate surface area is 258 Å². The van der Waals surface area contributed by atoms with Crippen molar-refractivity contribution in [2.24, 2.45) is 0 Å². The molecule has 2 amide bonds. The molecule has 0 aliphatic heterocycles. The van der Waals surface area contributed by atoms with Crippen molar-refractivity contribution in [3.05, 3.63) is 88.9 Å². The predicted molar refractivity (Wildman–Crippen MR) is 168 cm³/mol. The molecule has 1 aliphatic rings. The molecule has 3 aromatic rings. The summed E-state index contributed by atoms with van der Waals surface area (Å²) in [6, 6.07) is 20.3. The molecule has 0 radical (unpaired) electrons. The molecule has 1 saturated carbocycles. The summed E-state index contributed by atoms with van der Waals surface area (Å²) in [5.41, 5.74) is 1.72. The third-order valence-electron chi connectivity index (χ3n) is 7.55. The van der Waals surface area contributed by atoms with Gasteiger partial charge in [-0.2, -0.15) is 0 Å². The Morgan fingerprint density at radius 2 is 1.65 bits per heavy atom. The van der Waals surface area contributed by atoms with Gasteiger partial charge in [0.05, 0.1) is 26.2 Å². The van der Waals surface area contributed by atoms with Gasteiger partial charge in [0.15, 0.2) is 0 Å². The molecule has 4 rings (SSSR count). The number of ether oxygens (including phenoxy) is 2. The zero-order valence-electron chi connectivity index (χ0n) is 24.7. The number of benzene rings is 3. The Hall–Kier alpha value is -3.76. The molecule has 3 aromatic carbocycles. The van der Waals surface area contributed by atoms with Crippen molar-refractivity contribution in [3.8, 4) is 11.5 Å². The number of halogens is 1. The number of nitrogens with one attached hydrogen (secondary N) is 1. The lowest BCUT2D eigenvalue weighted by molar-refractivity contribution is -0.140. The molecule has 0 saturated heterocycles. The molecular formula is C32H38ClN3O6S. The van der Waals surface area contributed by atoms with Crippen molar-refractivity contribution in [1.29, 1.82) is 0 Å². The molecule has 1 fully saturated rings. The van der Waals surface area contributed by atoms with Crippen molar-refractivity contribution in [2.75, 3.05) is 31.3 Å². The van der Waals surface area contributed by atoms with E-state index in [9.17, 15) is 18.0 Å². The van der Waals surface area contributed by atoms with E-state index in [4.69, 9.17) is 21.1 Å². The summed E-state index contributed by atoms with van der Waals surface area (Å²) in [5.74, 6) is -0.195. The van der Waals surface area contributed by atoms with Crippen LogP contribution in [0.25, 0.3) is 0 Å². The minimum atomic E-state index is -3.98. The van der Waals surface area contributed by atoms with Crippen molar-refractivity contribution in [3.63, 3.8) is 0 Å². The van der Waals surface area contributed by atoms with Crippen LogP contribution >= 0.6 is 11.6 Å². The van der Waals surface area contributed by atoms with E-state index in [0.717, 1.165) is 41.8 Å². The zero-order valence-corrected chi connectivity index (χ0v) is 26.2. The van der Waals surface area contributed by atoms with Crippen LogP contribution in [-0.2, 0) is 32.6 Å². The lowest BCUT2D eigenvalue weighted by atomic mass is 10.0. The summed E-state index contributed by atoms with van der Waals surface area (Å²) in [4.78, 5) is 29.7. The van der Waals surface area contributed by atoms with E-state index in [2.05, 4.69) is 5.32 Å². The summed E-state index contributed by atoms with van der Waals surface area (Å²) in [6.07, 6.45) is 5.09. The van der Waals surface area contributed by atoms with Crippen molar-refractivity contribution >= 4 is 39.1 Å². The number of hydrogen-bond acceptors (Lipinski definition) is 6. The van der Waals surface area contributed by atoms with Crippen LogP contribution in [0, 0.1) is 0 Å². The molecule has 9 nitrogen and oxygen atoms in total. The molecule has 0 aromatic heterocycles. The number of anilines is 1. The largest absolute Gasteiger partial charge is 0.497 e. The van der Waals surface area contributed by atoms with E-state index >= 15 is 0 Å². The molecule has 1 aliphatic carbocycles. The fourth-order valence-corrected chi connectivity index (χ4v) is 6.40. The molecule has 1 N–H and O–H groups in total. The van der Waals surface area contributed by atoms with E-state index in [1.54, 1.807) is 30.3 Å². The first kappa shape index (κ1) is 32.2. The number of hydrogen-bond donors (Lipinski definition) is 1. The molecule has 1 atom stereocenters. The van der Waals surface area contributed by atoms with Gasteiger partial charge in [0.1, 0.15) is 24.1 Å². The molecular weight excluding hydrogens is 590 g/mol. The highest BCUT2D eigenvalue weighted by Gasteiger charge is 2.35. The van der Waals surface area contributed by atoms with Gasteiger partial charge >= 0.3 is 0 Å². The zero-order chi connectivity index (χ0) is 31.0. The van der Waals surface area contributed by atoms with Crippen LogP contribution in [0.4, 0.5) is 5.69 Å². The number of methoxy groups -OCH3 is 2. The fraction of sp³-hybridized carbons (Fsp3) is 0.375. The van der Waals surface area contributed by atoms with E-state index < -0.39 is 28.5 Å². The van der Waals surface area contributed by atoms with Crippen LogP contribution in [0.5, 0.6) is 11.5 Å². The molecule has 0 spiro atoms. The van der Waals surface area contributed by atoms with Crippen LogP contribution in [0.15, 0.2) is 72.8 Å². The lowest BCUT2D eigenvalue weighted by Crippen LogP contribution is -2.54. The molecule has 0 heterocycles. The quantitative estimate of drug-likeness (QED) is 0.291. The molecule has 230 valence electrons. The first-order valence-electron chi connectivity index (χ1n) is 14.2. The highest BCUT2D eigenvalue weighted by Crippen LogP contribution is 2.34. The highest BCUT2D eigenvalue weighted by atomic mass is 35.5. The summed E-state index contributed by atoms with van der Waals surface area (Å²) in [6.45, 7) is -0.521. The summed E-state index contributed by atoms with van der Waals surface area (Å²) in [5, 5.41) is 3.64. The van der Waals surface area contributed by atoms with Gasteiger partial charge < -0.3 is 19.7 Å². The van der Waals surface area contributed by atoms with Crippen LogP contribution in [-0.4, -0.2) is 64.2 Å². The standard InChI is InChI=1S/C32H38ClN3O6S/c1-41-27-16-17-30(42-2)28(20-27)36(43(3,39)40)22-31(37)35(21-24-12-9-13-25(33)18-24)29(19-23-10-5-4-6-11-23)32(38)34-26-14-7-8-15-26/h4-6,9-13,16-18,20,26,29H,7-8,14-15,19,21-22H2,1-3H3,(H,34,38). The van der Waals surface area contributed by atoms with E-state index in [1.807, 2.05) is 36.4 Å². The van der Waals surface area contributed by atoms with Crippen LogP contribution in [0.2, 0.25) is 5.02 Å². The van der Waals surface area contributed by atoms with Gasteiger partial charge in [0, 0.05) is 30.1 Å². The average molecular weight is 628 g/mol. The Kier molecular flexibility index (Phi) is 10.9. The van der Waals surface area contributed by atoms with Gasteiger partial charge in [0.25, 0.3) is 0 Å². The molecule has 0 bridgehead atoms. The van der Waals surface area contributed by atoms with E-state index in [-0.39, 0.29) is 36.4 Å². The summed E-state index contributed by atoms with van der Waals surface area (Å²) < 4.78 is 38.0. The number of rotatable bonds is 13. The lowest BCUT2D eigenvalue weighted by Gasteiger charge is -2.34. The van der Waals surface area contributed by atoms with Crippen LogP contribution in [0.3, 0.4) is 0 Å². The van der Waals surface area contributed by atoms with Gasteiger partial charge in [-0.05, 0) is 48.2 Å². The molecule has 11 heteroatoms. The van der Waals surface area contributed by atoms with Gasteiger partial charge in [-0.1, -0.05) is 66.9 Å². The van der Waals surface area contributed by atoms with Gasteiger partial charge in [0.2, 0.25) is 21.8 Å². The van der Waals surface area contributed by atoms with Gasteiger partial charge in [-0.3, -0.25) is 13.9 Å². The minimum absolute atomic E-state index is 0.0301. The monoisotopic (exact) mass is 627 g/mol. The van der Waals surface area contributed by atoms with Crippen LogP contribution in [0.1, 0.15) is 36.8 Å². The summed E-state index contributed by atoms with van der Waals surface area (Å²) in [7, 11) is -1.10. The fourth-order valence-electron chi connectivity index (χ4n) is 5.34. The number of sulfonamides is 1. The summed E-state index contributed by atoms with van der Waals surface area (Å²) >= 11 is 6.28. The van der Waals surface area contributed by atoms with Crippen molar-refractivity contribution in [1.82, 2.24) is 10.2 Å². The topological polar surface area (TPSA) is 105 Å². The minimum Gasteiger partial charge on any atom is -0.497 e. The molecule has 43 heavy (non-hydrogen) atoms. The first-order valence-corrected chi connectivity index (χ1v) is 16.4. The van der Waals surface area contributed by atoms with Crippen molar-refractivity contribution < 1.29 is 27.5 Å². The number of carbonyl (C=O) groups is 2. The van der Waals surface area contributed by atoms with E-state index in [0.29, 0.717) is 16.3 Å². The third-order valence-corrected chi connectivity index (χ3v) is 8.91. The second-order valence-corrected chi connectivity index (χ2v) is 13.0.